The third-order valence-corrected chi connectivity index (χ3v) is 3.19. The van der Waals surface area contributed by atoms with Gasteiger partial charge in [0.1, 0.15) is 12.4 Å². The van der Waals surface area contributed by atoms with Crippen LogP contribution in [-0.4, -0.2) is 13.1 Å². The zero-order valence-electron chi connectivity index (χ0n) is 12.4. The highest BCUT2D eigenvalue weighted by Gasteiger charge is 2.31. The Balaban J connectivity index is 2.26. The van der Waals surface area contributed by atoms with Gasteiger partial charge in [-0.1, -0.05) is 36.4 Å². The van der Waals surface area contributed by atoms with Crippen molar-refractivity contribution in [3.63, 3.8) is 0 Å². The maximum Gasteiger partial charge on any atom is 0.416 e. The quantitative estimate of drug-likeness (QED) is 0.780. The van der Waals surface area contributed by atoms with Gasteiger partial charge in [0.2, 0.25) is 0 Å². The number of ether oxygens (including phenoxy) is 2. The van der Waals surface area contributed by atoms with Crippen LogP contribution in [0.15, 0.2) is 48.5 Å². The summed E-state index contributed by atoms with van der Waals surface area (Å²) in [6.07, 6.45) is -4.63. The van der Waals surface area contributed by atoms with E-state index in [1.54, 1.807) is 24.3 Å². The van der Waals surface area contributed by atoms with Crippen molar-refractivity contribution in [3.05, 3.63) is 65.2 Å². The van der Waals surface area contributed by atoms with Crippen molar-refractivity contribution in [2.75, 3.05) is 7.11 Å². The second-order valence-electron chi connectivity index (χ2n) is 4.85. The van der Waals surface area contributed by atoms with E-state index in [0.717, 1.165) is 17.7 Å². The SMILES string of the molecule is COC(=O)Cc1ccc(C(F)(F)F)cc1OCc1ccccc1. The van der Waals surface area contributed by atoms with E-state index in [0.29, 0.717) is 5.56 Å². The van der Waals surface area contributed by atoms with Gasteiger partial charge in [-0.2, -0.15) is 13.2 Å². The summed E-state index contributed by atoms with van der Waals surface area (Å²) in [5.41, 5.74) is 0.337. The first kappa shape index (κ1) is 16.9. The lowest BCUT2D eigenvalue weighted by molar-refractivity contribution is -0.139. The Morgan fingerprint density at radius 1 is 1.09 bits per heavy atom. The van der Waals surface area contributed by atoms with Gasteiger partial charge in [0, 0.05) is 5.56 Å². The Bertz CT molecular complexity index is 667. The molecule has 3 nitrogen and oxygen atoms in total. The van der Waals surface area contributed by atoms with Crippen LogP contribution >= 0.6 is 0 Å². The molecule has 2 rings (SSSR count). The van der Waals surface area contributed by atoms with Crippen LogP contribution in [0, 0.1) is 0 Å². The van der Waals surface area contributed by atoms with Crippen molar-refractivity contribution in [1.82, 2.24) is 0 Å². The number of alkyl halides is 3. The molecule has 2 aromatic carbocycles. The number of halogens is 3. The number of benzene rings is 2. The molecule has 0 spiro atoms. The van der Waals surface area contributed by atoms with Crippen molar-refractivity contribution in [1.29, 1.82) is 0 Å². The summed E-state index contributed by atoms with van der Waals surface area (Å²) in [4.78, 5) is 11.4. The molecule has 0 N–H and O–H groups in total. The summed E-state index contributed by atoms with van der Waals surface area (Å²) in [5, 5.41) is 0. The van der Waals surface area contributed by atoms with Crippen LogP contribution in [0.4, 0.5) is 13.2 Å². The number of carbonyl (C=O) groups is 1. The number of carbonyl (C=O) groups excluding carboxylic acids is 1. The van der Waals surface area contributed by atoms with Crippen LogP contribution in [0.1, 0.15) is 16.7 Å². The summed E-state index contributed by atoms with van der Waals surface area (Å²) in [5.74, 6) is -0.525. The van der Waals surface area contributed by atoms with E-state index in [1.807, 2.05) is 6.07 Å². The molecule has 0 unspecified atom stereocenters. The normalized spacial score (nSPS) is 11.1. The maximum atomic E-state index is 12.8. The fourth-order valence-corrected chi connectivity index (χ4v) is 1.97. The molecule has 122 valence electrons. The monoisotopic (exact) mass is 324 g/mol. The van der Waals surface area contributed by atoms with Crippen LogP contribution in [0.25, 0.3) is 0 Å². The van der Waals surface area contributed by atoms with E-state index in [2.05, 4.69) is 4.74 Å². The molecule has 0 aromatic heterocycles. The summed E-state index contributed by atoms with van der Waals surface area (Å²) in [6.45, 7) is 0.107. The number of methoxy groups -OCH3 is 1. The van der Waals surface area contributed by atoms with Crippen LogP contribution in [0.5, 0.6) is 5.75 Å². The van der Waals surface area contributed by atoms with Gasteiger partial charge in [-0.3, -0.25) is 4.79 Å². The topological polar surface area (TPSA) is 35.5 Å². The van der Waals surface area contributed by atoms with Crippen molar-refractivity contribution < 1.29 is 27.4 Å². The molecule has 6 heteroatoms. The molecule has 0 atom stereocenters. The van der Waals surface area contributed by atoms with Gasteiger partial charge in [0.25, 0.3) is 0 Å². The van der Waals surface area contributed by atoms with E-state index in [9.17, 15) is 18.0 Å². The van der Waals surface area contributed by atoms with Gasteiger partial charge in [-0.15, -0.1) is 0 Å². The Morgan fingerprint density at radius 2 is 1.78 bits per heavy atom. The minimum Gasteiger partial charge on any atom is -0.489 e. The van der Waals surface area contributed by atoms with Gasteiger partial charge in [-0.25, -0.2) is 0 Å². The van der Waals surface area contributed by atoms with E-state index in [1.165, 1.54) is 13.2 Å². The third kappa shape index (κ3) is 4.74. The molecule has 0 saturated heterocycles. The minimum absolute atomic E-state index is 0.0223. The second-order valence-corrected chi connectivity index (χ2v) is 4.85. The molecule has 0 saturated carbocycles. The van der Waals surface area contributed by atoms with E-state index >= 15 is 0 Å². The Labute approximate surface area is 131 Å². The molecule has 0 aliphatic carbocycles. The zero-order chi connectivity index (χ0) is 16.9. The molecular weight excluding hydrogens is 309 g/mol. The van der Waals surface area contributed by atoms with Gasteiger partial charge >= 0.3 is 12.1 Å². The van der Waals surface area contributed by atoms with Crippen LogP contribution in [0.2, 0.25) is 0 Å². The smallest absolute Gasteiger partial charge is 0.416 e. The van der Waals surface area contributed by atoms with Crippen molar-refractivity contribution >= 4 is 5.97 Å². The van der Waals surface area contributed by atoms with Crippen LogP contribution in [0.3, 0.4) is 0 Å². The predicted molar refractivity (Wildman–Crippen MR) is 77.9 cm³/mol. The lowest BCUT2D eigenvalue weighted by atomic mass is 10.1. The molecule has 2 aromatic rings. The minimum atomic E-state index is -4.48. The third-order valence-electron chi connectivity index (χ3n) is 3.19. The van der Waals surface area contributed by atoms with E-state index in [-0.39, 0.29) is 18.8 Å². The zero-order valence-corrected chi connectivity index (χ0v) is 12.4. The molecule has 0 amide bonds. The van der Waals surface area contributed by atoms with Gasteiger partial charge in [-0.05, 0) is 17.7 Å². The standard InChI is InChI=1S/C17H15F3O3/c1-22-16(21)9-13-7-8-14(17(18,19)20)10-15(13)23-11-12-5-3-2-4-6-12/h2-8,10H,9,11H2,1H3. The fraction of sp³-hybridized carbons (Fsp3) is 0.235. The van der Waals surface area contributed by atoms with E-state index < -0.39 is 17.7 Å². The first-order valence-corrected chi connectivity index (χ1v) is 6.84. The van der Waals surface area contributed by atoms with E-state index in [4.69, 9.17) is 4.74 Å². The first-order valence-electron chi connectivity index (χ1n) is 6.84. The molecule has 0 fully saturated rings. The average Bonchev–Trinajstić information content (AvgIpc) is 2.53. The molecule has 0 aliphatic rings. The van der Waals surface area contributed by atoms with Gasteiger partial charge < -0.3 is 9.47 Å². The van der Waals surface area contributed by atoms with Crippen LogP contribution < -0.4 is 4.74 Å². The largest absolute Gasteiger partial charge is 0.489 e. The van der Waals surface area contributed by atoms with Crippen molar-refractivity contribution in [3.8, 4) is 5.75 Å². The highest BCUT2D eigenvalue weighted by molar-refractivity contribution is 5.73. The summed E-state index contributed by atoms with van der Waals surface area (Å²) < 4.78 is 48.6. The highest BCUT2D eigenvalue weighted by Crippen LogP contribution is 2.33. The number of esters is 1. The highest BCUT2D eigenvalue weighted by atomic mass is 19.4. The average molecular weight is 324 g/mol. The maximum absolute atomic E-state index is 12.8. The van der Waals surface area contributed by atoms with Gasteiger partial charge in [0.15, 0.2) is 0 Å². The summed E-state index contributed by atoms with van der Waals surface area (Å²) in [6, 6.07) is 12.1. The number of rotatable bonds is 5. The van der Waals surface area contributed by atoms with Gasteiger partial charge in [0.05, 0.1) is 19.1 Å². The van der Waals surface area contributed by atoms with Crippen molar-refractivity contribution in [2.24, 2.45) is 0 Å². The second kappa shape index (κ2) is 7.17. The van der Waals surface area contributed by atoms with Crippen LogP contribution in [-0.2, 0) is 28.7 Å². The first-order chi connectivity index (χ1) is 10.9. The fourth-order valence-electron chi connectivity index (χ4n) is 1.97. The van der Waals surface area contributed by atoms with Crippen molar-refractivity contribution in [2.45, 2.75) is 19.2 Å². The Hall–Kier alpha value is -2.50. The Kier molecular flexibility index (Phi) is 5.26. The summed E-state index contributed by atoms with van der Waals surface area (Å²) >= 11 is 0. The predicted octanol–water partition coefficient (Wildman–Crippen LogP) is 4.00. The molecule has 0 aliphatic heterocycles. The Morgan fingerprint density at radius 3 is 2.39 bits per heavy atom. The number of hydrogen-bond acceptors (Lipinski definition) is 3. The number of hydrogen-bond donors (Lipinski definition) is 0. The lowest BCUT2D eigenvalue weighted by Gasteiger charge is -2.14. The summed E-state index contributed by atoms with van der Waals surface area (Å²) in [7, 11) is 1.22. The lowest BCUT2D eigenvalue weighted by Crippen LogP contribution is -2.10. The molecule has 0 bridgehead atoms. The molecule has 23 heavy (non-hydrogen) atoms. The molecular formula is C17H15F3O3. The molecule has 0 radical (unpaired) electrons. The molecule has 0 heterocycles.